The van der Waals surface area contributed by atoms with Crippen molar-refractivity contribution in [2.24, 2.45) is 5.92 Å². The van der Waals surface area contributed by atoms with Gasteiger partial charge in [0.05, 0.1) is 0 Å². The summed E-state index contributed by atoms with van der Waals surface area (Å²) in [5, 5.41) is 2.89. The lowest BCUT2D eigenvalue weighted by Crippen LogP contribution is -2.49. The Hall–Kier alpha value is -1.36. The normalized spacial score (nSPS) is 12.1. The van der Waals surface area contributed by atoms with Crippen molar-refractivity contribution in [1.29, 1.82) is 0 Å². The van der Waals surface area contributed by atoms with Gasteiger partial charge in [0.15, 0.2) is 0 Å². The second-order valence-electron chi connectivity index (χ2n) is 5.67. The highest BCUT2D eigenvalue weighted by atomic mass is 79.9. The highest BCUT2D eigenvalue weighted by Gasteiger charge is 2.25. The molecule has 0 heterocycles. The zero-order valence-electron chi connectivity index (χ0n) is 13.7. The fraction of sp³-hybridized carbons (Fsp3) is 0.529. The second kappa shape index (κ2) is 8.93. The molecule has 0 bridgehead atoms. The maximum Gasteiger partial charge on any atom is 0.251 e. The molecule has 0 aliphatic carbocycles. The van der Waals surface area contributed by atoms with Crippen LogP contribution >= 0.6 is 15.9 Å². The van der Waals surface area contributed by atoms with E-state index in [0.717, 1.165) is 4.47 Å². The predicted molar refractivity (Wildman–Crippen MR) is 92.8 cm³/mol. The summed E-state index contributed by atoms with van der Waals surface area (Å²) >= 11 is 3.35. The fourth-order valence-corrected chi connectivity index (χ4v) is 2.56. The van der Waals surface area contributed by atoms with Gasteiger partial charge in [0, 0.05) is 23.1 Å². The molecule has 0 aliphatic heterocycles. The Morgan fingerprint density at radius 2 is 1.68 bits per heavy atom. The van der Waals surface area contributed by atoms with E-state index in [1.807, 2.05) is 39.8 Å². The Bertz CT molecular complexity index is 496. The molecular formula is C17H25BrN2O2. The maximum absolute atomic E-state index is 12.6. The molecule has 1 aromatic carbocycles. The number of hydrogen-bond donors (Lipinski definition) is 1. The highest BCUT2D eigenvalue weighted by Crippen LogP contribution is 2.12. The number of likely N-dealkylation sites (N-methyl/N-ethyl adjacent to an activating group) is 1. The first kappa shape index (κ1) is 18.7. The number of amides is 2. The Morgan fingerprint density at radius 1 is 1.14 bits per heavy atom. The summed E-state index contributed by atoms with van der Waals surface area (Å²) in [6.45, 7) is 9.30. The van der Waals surface area contributed by atoms with Crippen molar-refractivity contribution in [2.45, 2.75) is 40.2 Å². The van der Waals surface area contributed by atoms with E-state index in [2.05, 4.69) is 21.2 Å². The predicted octanol–water partition coefficient (Wildman–Crippen LogP) is 3.46. The van der Waals surface area contributed by atoms with Crippen LogP contribution < -0.4 is 5.32 Å². The van der Waals surface area contributed by atoms with Crippen molar-refractivity contribution in [1.82, 2.24) is 10.2 Å². The highest BCUT2D eigenvalue weighted by molar-refractivity contribution is 9.10. The number of hydrogen-bond acceptors (Lipinski definition) is 2. The molecule has 1 aromatic rings. The number of nitrogens with one attached hydrogen (secondary N) is 1. The molecule has 1 rings (SSSR count). The summed E-state index contributed by atoms with van der Waals surface area (Å²) in [5.74, 6) is 0.109. The quantitative estimate of drug-likeness (QED) is 0.800. The van der Waals surface area contributed by atoms with Crippen LogP contribution in [0.4, 0.5) is 0 Å². The lowest BCUT2D eigenvalue weighted by Gasteiger charge is -2.27. The van der Waals surface area contributed by atoms with E-state index in [1.54, 1.807) is 17.0 Å². The Kier molecular flexibility index (Phi) is 7.59. The van der Waals surface area contributed by atoms with Gasteiger partial charge in [-0.25, -0.2) is 0 Å². The number of carbonyl (C=O) groups is 2. The van der Waals surface area contributed by atoms with Crippen LogP contribution in [0.1, 0.15) is 44.5 Å². The van der Waals surface area contributed by atoms with Gasteiger partial charge in [0.1, 0.15) is 6.04 Å². The minimum absolute atomic E-state index is 0.0100. The summed E-state index contributed by atoms with van der Waals surface area (Å²) in [4.78, 5) is 26.7. The smallest absolute Gasteiger partial charge is 0.251 e. The Balaban J connectivity index is 2.86. The van der Waals surface area contributed by atoms with Crippen molar-refractivity contribution in [2.75, 3.05) is 13.1 Å². The van der Waals surface area contributed by atoms with Crippen LogP contribution in [0.25, 0.3) is 0 Å². The molecule has 1 N–H and O–H groups in total. The molecule has 2 amide bonds. The van der Waals surface area contributed by atoms with Gasteiger partial charge in [0.2, 0.25) is 5.91 Å². The van der Waals surface area contributed by atoms with Crippen LogP contribution in [0.15, 0.2) is 28.7 Å². The van der Waals surface area contributed by atoms with Crippen LogP contribution in [0.5, 0.6) is 0 Å². The number of rotatable bonds is 7. The lowest BCUT2D eigenvalue weighted by molar-refractivity contribution is -0.133. The summed E-state index contributed by atoms with van der Waals surface area (Å²) in [6.07, 6.45) is 0.637. The molecule has 4 nitrogen and oxygen atoms in total. The van der Waals surface area contributed by atoms with Crippen LogP contribution in [0.2, 0.25) is 0 Å². The third kappa shape index (κ3) is 5.44. The summed E-state index contributed by atoms with van der Waals surface area (Å²) in [7, 11) is 0. The van der Waals surface area contributed by atoms with Gasteiger partial charge in [-0.05, 0) is 50.5 Å². The van der Waals surface area contributed by atoms with Gasteiger partial charge in [-0.1, -0.05) is 29.8 Å². The first-order chi connectivity index (χ1) is 10.4. The number of carbonyl (C=O) groups excluding carboxylic acids is 2. The van der Waals surface area contributed by atoms with Crippen LogP contribution in [-0.4, -0.2) is 35.8 Å². The average Bonchev–Trinajstić information content (AvgIpc) is 2.47. The van der Waals surface area contributed by atoms with E-state index in [4.69, 9.17) is 0 Å². The van der Waals surface area contributed by atoms with Crippen LogP contribution in [-0.2, 0) is 4.79 Å². The molecule has 22 heavy (non-hydrogen) atoms. The van der Waals surface area contributed by atoms with Gasteiger partial charge < -0.3 is 10.2 Å². The van der Waals surface area contributed by atoms with Crippen molar-refractivity contribution >= 4 is 27.7 Å². The monoisotopic (exact) mass is 368 g/mol. The minimum atomic E-state index is -0.476. The van der Waals surface area contributed by atoms with Gasteiger partial charge in [-0.2, -0.15) is 0 Å². The summed E-state index contributed by atoms with van der Waals surface area (Å²) in [5.41, 5.74) is 0.560. The SMILES string of the molecule is CCN(CC)C(=O)[C@H](CC(C)C)NC(=O)c1ccc(Br)cc1. The number of benzene rings is 1. The summed E-state index contributed by atoms with van der Waals surface area (Å²) < 4.78 is 0.919. The third-order valence-electron chi connectivity index (χ3n) is 3.49. The van der Waals surface area contributed by atoms with Gasteiger partial charge >= 0.3 is 0 Å². The lowest BCUT2D eigenvalue weighted by atomic mass is 10.0. The van der Waals surface area contributed by atoms with Crippen molar-refractivity contribution in [3.63, 3.8) is 0 Å². The molecule has 0 saturated heterocycles. The van der Waals surface area contributed by atoms with E-state index in [9.17, 15) is 9.59 Å². The third-order valence-corrected chi connectivity index (χ3v) is 4.02. The van der Waals surface area contributed by atoms with Crippen molar-refractivity contribution < 1.29 is 9.59 Å². The second-order valence-corrected chi connectivity index (χ2v) is 6.59. The van der Waals surface area contributed by atoms with E-state index in [-0.39, 0.29) is 11.8 Å². The molecular weight excluding hydrogens is 344 g/mol. The molecule has 1 atom stereocenters. The topological polar surface area (TPSA) is 49.4 Å². The van der Waals surface area contributed by atoms with Crippen LogP contribution in [0.3, 0.4) is 0 Å². The standard InChI is InChI=1S/C17H25BrN2O2/c1-5-20(6-2)17(22)15(11-12(3)4)19-16(21)13-7-9-14(18)10-8-13/h7-10,12,15H,5-6,11H2,1-4H3,(H,19,21)/t15-/m0/s1. The van der Waals surface area contributed by atoms with Gasteiger partial charge in [-0.3, -0.25) is 9.59 Å². The first-order valence-electron chi connectivity index (χ1n) is 7.74. The van der Waals surface area contributed by atoms with E-state index >= 15 is 0 Å². The Morgan fingerprint density at radius 3 is 2.14 bits per heavy atom. The largest absolute Gasteiger partial charge is 0.341 e. The van der Waals surface area contributed by atoms with E-state index < -0.39 is 6.04 Å². The molecule has 5 heteroatoms. The van der Waals surface area contributed by atoms with Crippen LogP contribution in [0, 0.1) is 5.92 Å². The van der Waals surface area contributed by atoms with Gasteiger partial charge in [0.25, 0.3) is 5.91 Å². The molecule has 0 radical (unpaired) electrons. The molecule has 0 aliphatic rings. The van der Waals surface area contributed by atoms with Gasteiger partial charge in [-0.15, -0.1) is 0 Å². The summed E-state index contributed by atoms with van der Waals surface area (Å²) in [6, 6.07) is 6.65. The molecule has 0 unspecified atom stereocenters. The molecule has 0 fully saturated rings. The first-order valence-corrected chi connectivity index (χ1v) is 8.53. The van der Waals surface area contributed by atoms with E-state index in [0.29, 0.717) is 31.0 Å². The molecule has 0 saturated carbocycles. The molecule has 122 valence electrons. The zero-order valence-corrected chi connectivity index (χ0v) is 15.3. The average molecular weight is 369 g/mol. The number of halogens is 1. The number of nitrogens with zero attached hydrogens (tertiary/aromatic N) is 1. The maximum atomic E-state index is 12.6. The van der Waals surface area contributed by atoms with Crippen molar-refractivity contribution in [3.05, 3.63) is 34.3 Å². The molecule has 0 aromatic heterocycles. The zero-order chi connectivity index (χ0) is 16.7. The Labute approximate surface area is 141 Å². The van der Waals surface area contributed by atoms with E-state index in [1.165, 1.54) is 0 Å². The minimum Gasteiger partial charge on any atom is -0.341 e. The molecule has 0 spiro atoms. The van der Waals surface area contributed by atoms with Crippen molar-refractivity contribution in [3.8, 4) is 0 Å². The fourth-order valence-electron chi connectivity index (χ4n) is 2.29.